The molecule has 1 N–H and O–H groups in total. The van der Waals surface area contributed by atoms with Gasteiger partial charge in [-0.3, -0.25) is 4.90 Å². The lowest BCUT2D eigenvalue weighted by atomic mass is 10.0. The first kappa shape index (κ1) is 17.8. The van der Waals surface area contributed by atoms with Gasteiger partial charge in [-0.05, 0) is 25.5 Å². The monoisotopic (exact) mass is 334 g/mol. The maximum atomic E-state index is 10.4. The molecule has 0 radical (unpaired) electrons. The van der Waals surface area contributed by atoms with Crippen molar-refractivity contribution in [1.82, 2.24) is 9.80 Å². The summed E-state index contributed by atoms with van der Waals surface area (Å²) in [6.07, 6.45) is 1.96. The van der Waals surface area contributed by atoms with Crippen molar-refractivity contribution in [3.63, 3.8) is 0 Å². The molecule has 0 amide bonds. The van der Waals surface area contributed by atoms with Crippen molar-refractivity contribution in [1.29, 1.82) is 0 Å². The van der Waals surface area contributed by atoms with Crippen LogP contribution in [0.1, 0.15) is 24.4 Å². The predicted octanol–water partition coefficient (Wildman–Crippen LogP) is 1.53. The van der Waals surface area contributed by atoms with Crippen molar-refractivity contribution in [3.8, 4) is 0 Å². The van der Waals surface area contributed by atoms with E-state index in [-0.39, 0.29) is 6.10 Å². The van der Waals surface area contributed by atoms with Gasteiger partial charge in [0.25, 0.3) is 0 Å². The Morgan fingerprint density at radius 1 is 1.29 bits per heavy atom. The molecule has 3 rings (SSSR count). The molecule has 1 aromatic rings. The Morgan fingerprint density at radius 2 is 2.12 bits per heavy atom. The zero-order valence-electron chi connectivity index (χ0n) is 14.6. The fourth-order valence-electron chi connectivity index (χ4n) is 3.60. The van der Waals surface area contributed by atoms with Crippen molar-refractivity contribution in [2.75, 3.05) is 53.0 Å². The van der Waals surface area contributed by atoms with Crippen LogP contribution >= 0.6 is 0 Å². The molecule has 134 valence electrons. The molecule has 0 saturated carbocycles. The number of hydrogen-bond acceptors (Lipinski definition) is 5. The van der Waals surface area contributed by atoms with Gasteiger partial charge in [0.05, 0.1) is 25.4 Å². The normalized spacial score (nSPS) is 27.4. The van der Waals surface area contributed by atoms with E-state index in [1.807, 2.05) is 6.07 Å². The van der Waals surface area contributed by atoms with E-state index in [4.69, 9.17) is 9.47 Å². The number of hydrogen-bond donors (Lipinski definition) is 1. The third-order valence-corrected chi connectivity index (χ3v) is 4.96. The zero-order valence-corrected chi connectivity index (χ0v) is 14.6. The quantitative estimate of drug-likeness (QED) is 0.819. The van der Waals surface area contributed by atoms with Gasteiger partial charge < -0.3 is 19.5 Å². The average molecular weight is 334 g/mol. The first-order valence-corrected chi connectivity index (χ1v) is 9.07. The number of likely N-dealkylation sites (N-methyl/N-ethyl adjacent to an activating group) is 1. The Labute approximate surface area is 145 Å². The molecule has 2 aliphatic heterocycles. The van der Waals surface area contributed by atoms with E-state index >= 15 is 0 Å². The molecule has 2 saturated heterocycles. The summed E-state index contributed by atoms with van der Waals surface area (Å²) in [5.74, 6) is 0. The first-order chi connectivity index (χ1) is 11.7. The maximum Gasteiger partial charge on any atom is 0.0900 e. The van der Waals surface area contributed by atoms with Gasteiger partial charge in [0.2, 0.25) is 0 Å². The number of piperazine rings is 1. The SMILES string of the molecule is CN1CCN(CC(O)COCC2CCCO2)C(c2ccccc2)C1. The Kier molecular flexibility index (Phi) is 6.63. The van der Waals surface area contributed by atoms with Gasteiger partial charge >= 0.3 is 0 Å². The van der Waals surface area contributed by atoms with Crippen molar-refractivity contribution < 1.29 is 14.6 Å². The third-order valence-electron chi connectivity index (χ3n) is 4.96. The minimum absolute atomic E-state index is 0.220. The van der Waals surface area contributed by atoms with Crippen LogP contribution in [0.3, 0.4) is 0 Å². The molecule has 2 heterocycles. The molecule has 5 nitrogen and oxygen atoms in total. The molecule has 2 fully saturated rings. The van der Waals surface area contributed by atoms with Gasteiger partial charge in [-0.15, -0.1) is 0 Å². The van der Waals surface area contributed by atoms with E-state index < -0.39 is 6.10 Å². The molecule has 24 heavy (non-hydrogen) atoms. The summed E-state index contributed by atoms with van der Waals surface area (Å²) in [7, 11) is 2.16. The number of rotatable bonds is 7. The van der Waals surface area contributed by atoms with Crippen LogP contribution in [0.4, 0.5) is 0 Å². The highest BCUT2D eigenvalue weighted by Crippen LogP contribution is 2.24. The van der Waals surface area contributed by atoms with E-state index in [0.29, 0.717) is 25.8 Å². The first-order valence-electron chi connectivity index (χ1n) is 9.07. The van der Waals surface area contributed by atoms with Gasteiger partial charge in [-0.2, -0.15) is 0 Å². The number of benzene rings is 1. The summed E-state index contributed by atoms with van der Waals surface area (Å²) in [6.45, 7) is 5.48. The lowest BCUT2D eigenvalue weighted by Crippen LogP contribution is -2.49. The molecule has 2 aliphatic rings. The molecular weight excluding hydrogens is 304 g/mol. The van der Waals surface area contributed by atoms with Crippen LogP contribution in [0.25, 0.3) is 0 Å². The number of β-amino-alcohol motifs (C(OH)–C–C–N with tert-alkyl or cyclic N) is 1. The van der Waals surface area contributed by atoms with Crippen LogP contribution in [0, 0.1) is 0 Å². The highest BCUT2D eigenvalue weighted by Gasteiger charge is 2.28. The number of aliphatic hydroxyl groups is 1. The molecule has 5 heteroatoms. The summed E-state index contributed by atoms with van der Waals surface area (Å²) in [5, 5.41) is 10.4. The van der Waals surface area contributed by atoms with Crippen molar-refractivity contribution in [2.45, 2.75) is 31.1 Å². The van der Waals surface area contributed by atoms with Crippen LogP contribution < -0.4 is 0 Å². The van der Waals surface area contributed by atoms with Gasteiger partial charge in [0.15, 0.2) is 0 Å². The Bertz CT molecular complexity index is 479. The average Bonchev–Trinajstić information content (AvgIpc) is 3.11. The highest BCUT2D eigenvalue weighted by atomic mass is 16.5. The minimum atomic E-state index is -0.457. The van der Waals surface area contributed by atoms with Gasteiger partial charge in [-0.1, -0.05) is 30.3 Å². The summed E-state index contributed by atoms with van der Waals surface area (Å²) >= 11 is 0. The zero-order chi connectivity index (χ0) is 16.8. The second-order valence-corrected chi connectivity index (χ2v) is 7.01. The largest absolute Gasteiger partial charge is 0.389 e. The standard InChI is InChI=1S/C19H30N2O3/c1-20-9-10-21(19(13-20)16-6-3-2-4-7-16)12-17(22)14-23-15-18-8-5-11-24-18/h2-4,6-7,17-19,22H,5,8-15H2,1H3. The second kappa shape index (κ2) is 8.92. The highest BCUT2D eigenvalue weighted by molar-refractivity contribution is 5.20. The number of ether oxygens (including phenoxy) is 2. The molecule has 1 aromatic carbocycles. The second-order valence-electron chi connectivity index (χ2n) is 7.01. The van der Waals surface area contributed by atoms with Crippen LogP contribution in [-0.4, -0.2) is 80.2 Å². The van der Waals surface area contributed by atoms with E-state index in [1.54, 1.807) is 0 Å². The van der Waals surface area contributed by atoms with E-state index in [0.717, 1.165) is 39.1 Å². The lowest BCUT2D eigenvalue weighted by Gasteiger charge is -2.41. The van der Waals surface area contributed by atoms with Crippen molar-refractivity contribution >= 4 is 0 Å². The van der Waals surface area contributed by atoms with Crippen LogP contribution in [-0.2, 0) is 9.47 Å². The number of nitrogens with zero attached hydrogens (tertiary/aromatic N) is 2. The topological polar surface area (TPSA) is 45.2 Å². The molecule has 0 bridgehead atoms. The van der Waals surface area contributed by atoms with Gasteiger partial charge in [-0.25, -0.2) is 0 Å². The van der Waals surface area contributed by atoms with Crippen LogP contribution in [0.5, 0.6) is 0 Å². The smallest absolute Gasteiger partial charge is 0.0900 e. The van der Waals surface area contributed by atoms with Crippen molar-refractivity contribution in [2.24, 2.45) is 0 Å². The summed E-state index contributed by atoms with van der Waals surface area (Å²) in [5.41, 5.74) is 1.32. The predicted molar refractivity (Wildman–Crippen MR) is 94.1 cm³/mol. The molecule has 0 spiro atoms. The molecule has 0 aliphatic carbocycles. The fourth-order valence-corrected chi connectivity index (χ4v) is 3.60. The molecular formula is C19H30N2O3. The van der Waals surface area contributed by atoms with Crippen LogP contribution in [0.15, 0.2) is 30.3 Å². The fraction of sp³-hybridized carbons (Fsp3) is 0.684. The summed E-state index contributed by atoms with van der Waals surface area (Å²) < 4.78 is 11.2. The van der Waals surface area contributed by atoms with Crippen molar-refractivity contribution in [3.05, 3.63) is 35.9 Å². The Morgan fingerprint density at radius 3 is 2.88 bits per heavy atom. The minimum Gasteiger partial charge on any atom is -0.389 e. The van der Waals surface area contributed by atoms with Gasteiger partial charge in [0.1, 0.15) is 0 Å². The van der Waals surface area contributed by atoms with Crippen LogP contribution in [0.2, 0.25) is 0 Å². The Hall–Kier alpha value is -0.980. The van der Waals surface area contributed by atoms with Gasteiger partial charge in [0, 0.05) is 38.8 Å². The summed E-state index contributed by atoms with van der Waals surface area (Å²) in [4.78, 5) is 4.74. The van der Waals surface area contributed by atoms with E-state index in [9.17, 15) is 5.11 Å². The molecule has 0 aromatic heterocycles. The van der Waals surface area contributed by atoms with E-state index in [2.05, 4.69) is 41.1 Å². The lowest BCUT2D eigenvalue weighted by molar-refractivity contribution is -0.0349. The maximum absolute atomic E-state index is 10.4. The molecule has 3 unspecified atom stereocenters. The molecule has 3 atom stereocenters. The third kappa shape index (κ3) is 5.01. The summed E-state index contributed by atoms with van der Waals surface area (Å²) in [6, 6.07) is 10.9. The Balaban J connectivity index is 1.49. The number of aliphatic hydroxyl groups excluding tert-OH is 1. The van der Waals surface area contributed by atoms with E-state index in [1.165, 1.54) is 5.56 Å².